The van der Waals surface area contributed by atoms with Gasteiger partial charge in [-0.1, -0.05) is 6.92 Å². The average Bonchev–Trinajstić information content (AvgIpc) is 2.54. The van der Waals surface area contributed by atoms with Crippen molar-refractivity contribution in [2.75, 3.05) is 13.1 Å². The van der Waals surface area contributed by atoms with Gasteiger partial charge in [0.1, 0.15) is 0 Å². The van der Waals surface area contributed by atoms with Gasteiger partial charge in [-0.3, -0.25) is 4.98 Å². The zero-order chi connectivity index (χ0) is 12.3. The van der Waals surface area contributed by atoms with Gasteiger partial charge in [-0.15, -0.1) is 0 Å². The van der Waals surface area contributed by atoms with E-state index in [0.29, 0.717) is 11.3 Å². The van der Waals surface area contributed by atoms with Crippen LogP contribution in [0.25, 0.3) is 11.0 Å². The highest BCUT2D eigenvalue weighted by atomic mass is 14.9. The van der Waals surface area contributed by atoms with Gasteiger partial charge in [0, 0.05) is 24.7 Å². The minimum atomic E-state index is 0.291. The second-order valence-corrected chi connectivity index (χ2v) is 6.03. The number of hydrogen-bond acceptors (Lipinski definition) is 3. The van der Waals surface area contributed by atoms with Crippen LogP contribution in [0.1, 0.15) is 36.1 Å². The standard InChI is InChI=1S/C15H17N3/c1-9-6-17-13-4-12-11(3-14(13)18-9)10-5-15(12,2)8-16-7-10/h3-4,6,10,16H,5,7-8H2,1-2H3. The lowest BCUT2D eigenvalue weighted by Crippen LogP contribution is -2.39. The van der Waals surface area contributed by atoms with Gasteiger partial charge in [0.15, 0.2) is 0 Å². The fourth-order valence-corrected chi connectivity index (χ4v) is 3.66. The molecule has 2 unspecified atom stereocenters. The number of aryl methyl sites for hydroxylation is 1. The third-order valence-corrected chi connectivity index (χ3v) is 4.53. The Morgan fingerprint density at radius 2 is 2.22 bits per heavy atom. The highest BCUT2D eigenvalue weighted by Gasteiger charge is 2.43. The molecule has 2 atom stereocenters. The van der Waals surface area contributed by atoms with Crippen LogP contribution in [-0.2, 0) is 5.41 Å². The van der Waals surface area contributed by atoms with E-state index in [4.69, 9.17) is 0 Å². The van der Waals surface area contributed by atoms with Crippen LogP contribution in [-0.4, -0.2) is 23.1 Å². The number of benzene rings is 1. The molecule has 1 aromatic heterocycles. The summed E-state index contributed by atoms with van der Waals surface area (Å²) < 4.78 is 0. The predicted octanol–water partition coefficient (Wildman–Crippen LogP) is 2.29. The molecule has 2 aliphatic rings. The van der Waals surface area contributed by atoms with Crippen LogP contribution in [0.2, 0.25) is 0 Å². The lowest BCUT2D eigenvalue weighted by molar-refractivity contribution is 0.346. The number of fused-ring (bicyclic) bond motifs is 6. The maximum absolute atomic E-state index is 4.61. The van der Waals surface area contributed by atoms with Crippen molar-refractivity contribution >= 4 is 11.0 Å². The van der Waals surface area contributed by atoms with Crippen LogP contribution in [0.4, 0.5) is 0 Å². The summed E-state index contributed by atoms with van der Waals surface area (Å²) in [5, 5.41) is 3.56. The number of piperidine rings is 1. The first-order chi connectivity index (χ1) is 8.66. The minimum Gasteiger partial charge on any atom is -0.315 e. The molecule has 4 rings (SSSR count). The second-order valence-electron chi connectivity index (χ2n) is 6.03. The maximum Gasteiger partial charge on any atom is 0.0893 e. The number of nitrogens with one attached hydrogen (secondary N) is 1. The molecule has 18 heavy (non-hydrogen) atoms. The van der Waals surface area contributed by atoms with Crippen molar-refractivity contribution in [3.63, 3.8) is 0 Å². The Morgan fingerprint density at radius 3 is 3.11 bits per heavy atom. The number of rotatable bonds is 0. The van der Waals surface area contributed by atoms with Gasteiger partial charge in [0.05, 0.1) is 16.7 Å². The average molecular weight is 239 g/mol. The quantitative estimate of drug-likeness (QED) is 0.766. The first-order valence-corrected chi connectivity index (χ1v) is 6.64. The summed E-state index contributed by atoms with van der Waals surface area (Å²) in [7, 11) is 0. The van der Waals surface area contributed by atoms with Gasteiger partial charge in [-0.2, -0.15) is 0 Å². The second kappa shape index (κ2) is 3.29. The van der Waals surface area contributed by atoms with E-state index in [0.717, 1.165) is 29.8 Å². The van der Waals surface area contributed by atoms with Crippen molar-refractivity contribution in [3.8, 4) is 0 Å². The highest BCUT2D eigenvalue weighted by Crippen LogP contribution is 2.48. The molecule has 1 aliphatic heterocycles. The third-order valence-electron chi connectivity index (χ3n) is 4.53. The van der Waals surface area contributed by atoms with E-state index >= 15 is 0 Å². The molecule has 1 N–H and O–H groups in total. The summed E-state index contributed by atoms with van der Waals surface area (Å²) in [6.07, 6.45) is 3.13. The van der Waals surface area contributed by atoms with E-state index in [-0.39, 0.29) is 0 Å². The van der Waals surface area contributed by atoms with Crippen molar-refractivity contribution in [2.45, 2.75) is 31.6 Å². The summed E-state index contributed by atoms with van der Waals surface area (Å²) in [4.78, 5) is 9.13. The van der Waals surface area contributed by atoms with Crippen molar-refractivity contribution < 1.29 is 0 Å². The van der Waals surface area contributed by atoms with E-state index in [1.165, 1.54) is 17.5 Å². The van der Waals surface area contributed by atoms with Gasteiger partial charge >= 0.3 is 0 Å². The van der Waals surface area contributed by atoms with Gasteiger partial charge in [0.2, 0.25) is 0 Å². The van der Waals surface area contributed by atoms with Crippen LogP contribution < -0.4 is 5.32 Å². The number of hydrogen-bond donors (Lipinski definition) is 1. The topological polar surface area (TPSA) is 37.8 Å². The summed E-state index contributed by atoms with van der Waals surface area (Å²) in [5.74, 6) is 0.658. The van der Waals surface area contributed by atoms with Crippen molar-refractivity contribution in [1.82, 2.24) is 15.3 Å². The summed E-state index contributed by atoms with van der Waals surface area (Å²) in [5.41, 5.74) is 6.35. The summed E-state index contributed by atoms with van der Waals surface area (Å²) >= 11 is 0. The van der Waals surface area contributed by atoms with Crippen LogP contribution in [0.15, 0.2) is 18.3 Å². The third kappa shape index (κ3) is 1.28. The van der Waals surface area contributed by atoms with Crippen LogP contribution in [0.5, 0.6) is 0 Å². The molecule has 1 aromatic carbocycles. The molecule has 0 radical (unpaired) electrons. The molecule has 92 valence electrons. The summed E-state index contributed by atoms with van der Waals surface area (Å²) in [6, 6.07) is 4.54. The Labute approximate surface area is 107 Å². The molecule has 3 nitrogen and oxygen atoms in total. The van der Waals surface area contributed by atoms with Gasteiger partial charge in [-0.05, 0) is 42.5 Å². The zero-order valence-corrected chi connectivity index (χ0v) is 10.8. The predicted molar refractivity (Wildman–Crippen MR) is 71.9 cm³/mol. The maximum atomic E-state index is 4.61. The monoisotopic (exact) mass is 239 g/mol. The highest BCUT2D eigenvalue weighted by molar-refractivity contribution is 5.78. The SMILES string of the molecule is Cc1cnc2cc3c(cc2n1)C1CNCC3(C)C1. The molecule has 2 aromatic rings. The van der Waals surface area contributed by atoms with E-state index < -0.39 is 0 Å². The number of nitrogens with zero attached hydrogens (tertiary/aromatic N) is 2. The Kier molecular flexibility index (Phi) is 1.91. The van der Waals surface area contributed by atoms with E-state index in [1.807, 2.05) is 13.1 Å². The van der Waals surface area contributed by atoms with E-state index in [1.54, 1.807) is 0 Å². The van der Waals surface area contributed by atoms with Crippen molar-refractivity contribution in [3.05, 3.63) is 35.2 Å². The summed E-state index contributed by atoms with van der Waals surface area (Å²) in [6.45, 7) is 6.56. The zero-order valence-electron chi connectivity index (χ0n) is 10.8. The molecule has 0 spiro atoms. The normalized spacial score (nSPS) is 29.6. The fraction of sp³-hybridized carbons (Fsp3) is 0.467. The fourth-order valence-electron chi connectivity index (χ4n) is 3.66. The Balaban J connectivity index is 2.02. The first kappa shape index (κ1) is 10.4. The molecular formula is C15H17N3. The lowest BCUT2D eigenvalue weighted by Gasteiger charge is -2.30. The van der Waals surface area contributed by atoms with Crippen molar-refractivity contribution in [1.29, 1.82) is 0 Å². The molecule has 1 fully saturated rings. The molecular weight excluding hydrogens is 222 g/mol. The molecule has 1 saturated heterocycles. The van der Waals surface area contributed by atoms with Gasteiger partial charge in [-0.25, -0.2) is 4.98 Å². The van der Waals surface area contributed by atoms with E-state index in [2.05, 4.69) is 34.3 Å². The molecule has 0 saturated carbocycles. The lowest BCUT2D eigenvalue weighted by atomic mass is 9.81. The van der Waals surface area contributed by atoms with Gasteiger partial charge in [0.25, 0.3) is 0 Å². The molecule has 2 bridgehead atoms. The van der Waals surface area contributed by atoms with Gasteiger partial charge < -0.3 is 5.32 Å². The van der Waals surface area contributed by atoms with Crippen molar-refractivity contribution in [2.24, 2.45) is 0 Å². The Morgan fingerprint density at radius 1 is 1.33 bits per heavy atom. The molecule has 0 amide bonds. The largest absolute Gasteiger partial charge is 0.315 e. The molecule has 2 heterocycles. The smallest absolute Gasteiger partial charge is 0.0893 e. The minimum absolute atomic E-state index is 0.291. The van der Waals surface area contributed by atoms with Crippen LogP contribution in [0, 0.1) is 6.92 Å². The molecule has 3 heteroatoms. The van der Waals surface area contributed by atoms with Crippen LogP contribution in [0.3, 0.4) is 0 Å². The van der Waals surface area contributed by atoms with Crippen LogP contribution >= 0.6 is 0 Å². The Bertz CT molecular complexity index is 649. The Hall–Kier alpha value is -1.48. The first-order valence-electron chi connectivity index (χ1n) is 6.64. The number of aromatic nitrogens is 2. The van der Waals surface area contributed by atoms with E-state index in [9.17, 15) is 0 Å². The molecule has 1 aliphatic carbocycles.